The Morgan fingerprint density at radius 3 is 2.82 bits per heavy atom. The molecule has 2 aliphatic heterocycles. The highest BCUT2D eigenvalue weighted by Crippen LogP contribution is 2.32. The molecule has 1 saturated heterocycles. The molecule has 38 heavy (non-hydrogen) atoms. The molecule has 0 radical (unpaired) electrons. The van der Waals surface area contributed by atoms with Gasteiger partial charge >= 0.3 is 0 Å². The molecule has 1 fully saturated rings. The number of nitrogens with zero attached hydrogens (tertiary/aromatic N) is 6. The van der Waals surface area contributed by atoms with Crippen molar-refractivity contribution in [3.63, 3.8) is 0 Å². The van der Waals surface area contributed by atoms with Gasteiger partial charge in [0, 0.05) is 58.3 Å². The summed E-state index contributed by atoms with van der Waals surface area (Å²) in [6.45, 7) is 2.41. The van der Waals surface area contributed by atoms with Crippen molar-refractivity contribution in [1.29, 1.82) is 0 Å². The Hall–Kier alpha value is -4.06. The van der Waals surface area contributed by atoms with E-state index < -0.39 is 17.3 Å². The summed E-state index contributed by atoms with van der Waals surface area (Å²) in [7, 11) is 3.03. The number of hydrogen-bond donors (Lipinski definition) is 1. The van der Waals surface area contributed by atoms with Crippen molar-refractivity contribution in [2.45, 2.75) is 25.6 Å². The van der Waals surface area contributed by atoms with Gasteiger partial charge in [-0.15, -0.1) is 5.10 Å². The largest absolute Gasteiger partial charge is 0.494 e. The number of benzene rings is 1. The van der Waals surface area contributed by atoms with Crippen LogP contribution in [0.2, 0.25) is 0 Å². The van der Waals surface area contributed by atoms with Gasteiger partial charge < -0.3 is 19.5 Å². The Kier molecular flexibility index (Phi) is 7.23. The fourth-order valence-corrected chi connectivity index (χ4v) is 5.16. The molecule has 1 aromatic carbocycles. The lowest BCUT2D eigenvalue weighted by atomic mass is 9.99. The van der Waals surface area contributed by atoms with Crippen LogP contribution in [-0.4, -0.2) is 81.5 Å². The third kappa shape index (κ3) is 5.30. The minimum absolute atomic E-state index is 0.0577. The van der Waals surface area contributed by atoms with Gasteiger partial charge in [-0.2, -0.15) is 0 Å². The third-order valence-electron chi connectivity index (χ3n) is 7.15. The second-order valence-electron chi connectivity index (χ2n) is 9.82. The van der Waals surface area contributed by atoms with Crippen molar-refractivity contribution in [2.75, 3.05) is 40.3 Å². The van der Waals surface area contributed by atoms with Crippen LogP contribution in [0.1, 0.15) is 34.1 Å². The molecule has 0 aliphatic carbocycles. The number of ether oxygens (including phenoxy) is 1. The number of aromatic nitrogens is 4. The van der Waals surface area contributed by atoms with Crippen molar-refractivity contribution in [3.8, 4) is 5.75 Å². The SMILES string of the molecule is COc1ccc(CN2C[C@@H]3CC(=O)NCCN(C)C(=O)c4cccn(c4=O)Cc4cn(nn4)[C@@H]3C2)cc1F. The van der Waals surface area contributed by atoms with Crippen molar-refractivity contribution < 1.29 is 18.7 Å². The zero-order chi connectivity index (χ0) is 26.8. The molecule has 11 nitrogen and oxygen atoms in total. The molecule has 2 aromatic heterocycles. The third-order valence-corrected chi connectivity index (χ3v) is 7.15. The fraction of sp³-hybridized carbons (Fsp3) is 0.423. The van der Waals surface area contributed by atoms with E-state index in [9.17, 15) is 18.8 Å². The molecule has 3 aromatic rings. The van der Waals surface area contributed by atoms with Crippen LogP contribution in [0.15, 0.2) is 47.5 Å². The first kappa shape index (κ1) is 25.6. The summed E-state index contributed by atoms with van der Waals surface area (Å²) in [6, 6.07) is 7.93. The number of fused-ring (bicyclic) bond motifs is 6. The highest BCUT2D eigenvalue weighted by atomic mass is 19.1. The predicted molar refractivity (Wildman–Crippen MR) is 135 cm³/mol. The first-order valence-corrected chi connectivity index (χ1v) is 12.5. The number of amides is 2. The average molecular weight is 524 g/mol. The Morgan fingerprint density at radius 2 is 2.03 bits per heavy atom. The van der Waals surface area contributed by atoms with Crippen LogP contribution in [0.5, 0.6) is 5.75 Å². The van der Waals surface area contributed by atoms with E-state index in [1.54, 1.807) is 36.3 Å². The molecule has 0 unspecified atom stereocenters. The monoisotopic (exact) mass is 523 g/mol. The van der Waals surface area contributed by atoms with Gasteiger partial charge in [0.15, 0.2) is 11.6 Å². The lowest BCUT2D eigenvalue weighted by Gasteiger charge is -2.20. The number of likely N-dealkylation sites (tertiary alicyclic amines) is 1. The Morgan fingerprint density at radius 1 is 1.18 bits per heavy atom. The van der Waals surface area contributed by atoms with Crippen LogP contribution in [0.4, 0.5) is 4.39 Å². The summed E-state index contributed by atoms with van der Waals surface area (Å²) in [5.41, 5.74) is 1.02. The van der Waals surface area contributed by atoms with E-state index in [0.717, 1.165) is 5.56 Å². The maximum atomic E-state index is 14.3. The smallest absolute Gasteiger partial charge is 0.263 e. The summed E-state index contributed by atoms with van der Waals surface area (Å²) < 4.78 is 22.5. The predicted octanol–water partition coefficient (Wildman–Crippen LogP) is 0.901. The lowest BCUT2D eigenvalue weighted by Crippen LogP contribution is -2.39. The van der Waals surface area contributed by atoms with Gasteiger partial charge in [-0.05, 0) is 29.8 Å². The minimum atomic E-state index is -0.419. The summed E-state index contributed by atoms with van der Waals surface area (Å²) in [6.07, 6.45) is 3.67. The molecular formula is C26H30FN7O4. The molecule has 5 rings (SSSR count). The number of hydrogen-bond acceptors (Lipinski definition) is 7. The Bertz CT molecular complexity index is 1400. The molecule has 200 valence electrons. The summed E-state index contributed by atoms with van der Waals surface area (Å²) in [5.74, 6) is -0.828. The first-order valence-electron chi connectivity index (χ1n) is 12.5. The zero-order valence-electron chi connectivity index (χ0n) is 21.3. The highest BCUT2D eigenvalue weighted by molar-refractivity contribution is 5.93. The average Bonchev–Trinajstić information content (AvgIpc) is 3.51. The van der Waals surface area contributed by atoms with E-state index in [1.165, 1.54) is 28.7 Å². The molecule has 4 bridgehead atoms. The molecule has 2 atom stereocenters. The molecule has 0 spiro atoms. The van der Waals surface area contributed by atoms with E-state index >= 15 is 0 Å². The maximum absolute atomic E-state index is 14.3. The molecule has 12 heteroatoms. The van der Waals surface area contributed by atoms with Crippen LogP contribution >= 0.6 is 0 Å². The number of nitrogens with one attached hydrogen (secondary N) is 1. The molecule has 2 amide bonds. The second kappa shape index (κ2) is 10.7. The van der Waals surface area contributed by atoms with Crippen LogP contribution in [0.25, 0.3) is 0 Å². The Labute approximate surface area is 218 Å². The number of halogens is 1. The molecule has 4 heterocycles. The number of likely N-dealkylation sites (N-methyl/N-ethyl adjacent to an activating group) is 1. The van der Waals surface area contributed by atoms with Gasteiger partial charge in [0.1, 0.15) is 11.3 Å². The van der Waals surface area contributed by atoms with E-state index in [1.807, 2.05) is 6.07 Å². The van der Waals surface area contributed by atoms with Crippen molar-refractivity contribution in [3.05, 3.63) is 75.7 Å². The van der Waals surface area contributed by atoms with Crippen molar-refractivity contribution >= 4 is 11.8 Å². The lowest BCUT2D eigenvalue weighted by molar-refractivity contribution is -0.122. The summed E-state index contributed by atoms with van der Waals surface area (Å²) >= 11 is 0. The standard InChI is InChI=1S/C26H30FN7O4/c1-31-9-7-28-24(35)11-18-13-32(12-17-5-6-23(38-2)21(27)10-17)16-22(18)34-15-19(29-30-34)14-33-8-3-4-20(25(31)36)26(33)37/h3-6,8,10,15,18,22H,7,9,11-14,16H2,1-2H3,(H,28,35)/t18-,22+/m0/s1. The number of rotatable bonds is 3. The van der Waals surface area contributed by atoms with Gasteiger partial charge in [-0.1, -0.05) is 11.3 Å². The first-order chi connectivity index (χ1) is 18.3. The number of carbonyl (C=O) groups excluding carboxylic acids is 2. The van der Waals surface area contributed by atoms with E-state index in [-0.39, 0.29) is 55.2 Å². The van der Waals surface area contributed by atoms with E-state index in [2.05, 4.69) is 20.5 Å². The van der Waals surface area contributed by atoms with Gasteiger partial charge in [0.05, 0.1) is 25.9 Å². The Balaban J connectivity index is 1.42. The number of pyridine rings is 1. The zero-order valence-corrected chi connectivity index (χ0v) is 21.3. The van der Waals surface area contributed by atoms with Crippen LogP contribution < -0.4 is 15.6 Å². The summed E-state index contributed by atoms with van der Waals surface area (Å²) in [5, 5.41) is 11.5. The molecule has 2 aliphatic rings. The molecule has 1 N–H and O–H groups in total. The number of carbonyl (C=O) groups is 2. The van der Waals surface area contributed by atoms with Crippen LogP contribution in [0.3, 0.4) is 0 Å². The maximum Gasteiger partial charge on any atom is 0.263 e. The second-order valence-corrected chi connectivity index (χ2v) is 9.82. The van der Waals surface area contributed by atoms with Crippen molar-refractivity contribution in [2.24, 2.45) is 5.92 Å². The highest BCUT2D eigenvalue weighted by Gasteiger charge is 2.36. The van der Waals surface area contributed by atoms with E-state index in [4.69, 9.17) is 4.74 Å². The van der Waals surface area contributed by atoms with Gasteiger partial charge in [0.25, 0.3) is 11.5 Å². The van der Waals surface area contributed by atoms with Crippen LogP contribution in [0, 0.1) is 11.7 Å². The normalized spacial score (nSPS) is 20.8. The van der Waals surface area contributed by atoms with Gasteiger partial charge in [0.2, 0.25) is 5.91 Å². The fourth-order valence-electron chi connectivity index (χ4n) is 5.16. The number of methoxy groups -OCH3 is 1. The molecule has 0 saturated carbocycles. The van der Waals surface area contributed by atoms with Gasteiger partial charge in [-0.3, -0.25) is 19.3 Å². The van der Waals surface area contributed by atoms with Crippen LogP contribution in [-0.2, 0) is 17.9 Å². The van der Waals surface area contributed by atoms with E-state index in [0.29, 0.717) is 25.3 Å². The topological polar surface area (TPSA) is 115 Å². The van der Waals surface area contributed by atoms with Crippen molar-refractivity contribution in [1.82, 2.24) is 34.7 Å². The minimum Gasteiger partial charge on any atom is -0.494 e. The molecular weight excluding hydrogens is 493 g/mol. The summed E-state index contributed by atoms with van der Waals surface area (Å²) in [4.78, 5) is 42.3. The quantitative estimate of drug-likeness (QED) is 0.543. The van der Waals surface area contributed by atoms with Gasteiger partial charge in [-0.25, -0.2) is 9.07 Å².